The number of esters is 2. The molecular formula is C19H24N2O4. The fourth-order valence-electron chi connectivity index (χ4n) is 3.13. The molecule has 2 rings (SSSR count). The van der Waals surface area contributed by atoms with E-state index < -0.39 is 23.3 Å². The highest BCUT2D eigenvalue weighted by molar-refractivity contribution is 6.10. The minimum absolute atomic E-state index is 0.130. The van der Waals surface area contributed by atoms with Gasteiger partial charge >= 0.3 is 11.9 Å². The summed E-state index contributed by atoms with van der Waals surface area (Å²) in [7, 11) is 0. The molecule has 0 spiro atoms. The molecule has 134 valence electrons. The number of benzene rings is 1. The molecule has 0 aliphatic carbocycles. The Labute approximate surface area is 147 Å². The fourth-order valence-corrected chi connectivity index (χ4v) is 3.13. The number of hydrogen-bond donors (Lipinski definition) is 1. The van der Waals surface area contributed by atoms with Crippen LogP contribution in [0.15, 0.2) is 46.6 Å². The van der Waals surface area contributed by atoms with E-state index in [1.165, 1.54) is 0 Å². The van der Waals surface area contributed by atoms with E-state index in [1.807, 2.05) is 30.3 Å². The van der Waals surface area contributed by atoms with Crippen LogP contribution < -0.4 is 5.73 Å². The highest BCUT2D eigenvalue weighted by atomic mass is 16.5. The first-order chi connectivity index (χ1) is 11.9. The number of allylic oxidation sites excluding steroid dienone is 1. The Morgan fingerprint density at radius 3 is 2.32 bits per heavy atom. The number of hydrogen-bond acceptors (Lipinski definition) is 6. The zero-order chi connectivity index (χ0) is 18.6. The van der Waals surface area contributed by atoms with Crippen LogP contribution in [0.5, 0.6) is 0 Å². The number of carbonyl (C=O) groups excluding carboxylic acids is 2. The van der Waals surface area contributed by atoms with Crippen LogP contribution in [0, 0.1) is 5.41 Å². The molecule has 0 saturated heterocycles. The third-order valence-electron chi connectivity index (χ3n) is 4.40. The van der Waals surface area contributed by atoms with E-state index in [1.54, 1.807) is 27.7 Å². The maximum absolute atomic E-state index is 12.8. The van der Waals surface area contributed by atoms with E-state index in [9.17, 15) is 9.59 Å². The molecule has 2 unspecified atom stereocenters. The van der Waals surface area contributed by atoms with Crippen molar-refractivity contribution in [2.45, 2.75) is 33.6 Å². The van der Waals surface area contributed by atoms with Crippen molar-refractivity contribution in [1.82, 2.24) is 0 Å². The average Bonchev–Trinajstić information content (AvgIpc) is 2.58. The van der Waals surface area contributed by atoms with Crippen molar-refractivity contribution in [3.63, 3.8) is 0 Å². The summed E-state index contributed by atoms with van der Waals surface area (Å²) in [6.07, 6.45) is 0. The van der Waals surface area contributed by atoms with Gasteiger partial charge in [0, 0.05) is 5.92 Å². The van der Waals surface area contributed by atoms with Crippen molar-refractivity contribution in [2.24, 2.45) is 16.1 Å². The number of nitrogens with zero attached hydrogens (tertiary/aromatic N) is 1. The Morgan fingerprint density at radius 2 is 1.76 bits per heavy atom. The quantitative estimate of drug-likeness (QED) is 0.829. The summed E-state index contributed by atoms with van der Waals surface area (Å²) in [4.78, 5) is 29.7. The highest BCUT2D eigenvalue weighted by Crippen LogP contribution is 2.47. The first-order valence-corrected chi connectivity index (χ1v) is 8.32. The van der Waals surface area contributed by atoms with Crippen LogP contribution in [-0.4, -0.2) is 31.0 Å². The number of amidine groups is 1. The number of ether oxygens (including phenoxy) is 2. The van der Waals surface area contributed by atoms with Gasteiger partial charge in [0.1, 0.15) is 11.3 Å². The lowest BCUT2D eigenvalue weighted by Gasteiger charge is -2.39. The Hall–Kier alpha value is -2.63. The molecule has 1 heterocycles. The SMILES string of the molecule is CCOC(=O)C1=C(C)N=C(N)C(C)(C(=O)OCC)C1c1ccccc1. The van der Waals surface area contributed by atoms with Gasteiger partial charge in [-0.1, -0.05) is 30.3 Å². The summed E-state index contributed by atoms with van der Waals surface area (Å²) >= 11 is 0. The zero-order valence-electron chi connectivity index (χ0n) is 15.0. The molecular weight excluding hydrogens is 320 g/mol. The Bertz CT molecular complexity index is 724. The molecule has 1 aromatic rings. The lowest BCUT2D eigenvalue weighted by molar-refractivity contribution is -0.151. The molecule has 0 amide bonds. The zero-order valence-corrected chi connectivity index (χ0v) is 15.0. The molecule has 2 N–H and O–H groups in total. The van der Waals surface area contributed by atoms with Crippen molar-refractivity contribution < 1.29 is 19.1 Å². The maximum Gasteiger partial charge on any atom is 0.336 e. The summed E-state index contributed by atoms with van der Waals surface area (Å²) < 4.78 is 10.5. The summed E-state index contributed by atoms with van der Waals surface area (Å²) in [6, 6.07) is 9.27. The van der Waals surface area contributed by atoms with Crippen LogP contribution in [0.1, 0.15) is 39.2 Å². The van der Waals surface area contributed by atoms with E-state index in [0.717, 1.165) is 5.56 Å². The molecule has 1 aromatic carbocycles. The summed E-state index contributed by atoms with van der Waals surface area (Å²) in [5.74, 6) is -1.52. The van der Waals surface area contributed by atoms with Gasteiger partial charge in [-0.15, -0.1) is 0 Å². The summed E-state index contributed by atoms with van der Waals surface area (Å²) in [6.45, 7) is 7.25. The summed E-state index contributed by atoms with van der Waals surface area (Å²) in [5.41, 5.74) is 6.43. The Balaban J connectivity index is 2.70. The first-order valence-electron chi connectivity index (χ1n) is 8.32. The van der Waals surface area contributed by atoms with Gasteiger partial charge in [-0.3, -0.25) is 4.79 Å². The lowest BCUT2D eigenvalue weighted by Crippen LogP contribution is -2.50. The smallest absolute Gasteiger partial charge is 0.336 e. The van der Waals surface area contributed by atoms with Crippen LogP contribution in [-0.2, 0) is 19.1 Å². The minimum atomic E-state index is -1.29. The van der Waals surface area contributed by atoms with Crippen LogP contribution in [0.4, 0.5) is 0 Å². The molecule has 1 aliphatic rings. The third-order valence-corrected chi connectivity index (χ3v) is 4.40. The van der Waals surface area contributed by atoms with Crippen molar-refractivity contribution in [3.05, 3.63) is 47.2 Å². The second-order valence-electron chi connectivity index (χ2n) is 5.98. The molecule has 6 heteroatoms. The third kappa shape index (κ3) is 3.29. The second-order valence-corrected chi connectivity index (χ2v) is 5.98. The summed E-state index contributed by atoms with van der Waals surface area (Å²) in [5, 5.41) is 0. The average molecular weight is 344 g/mol. The van der Waals surface area contributed by atoms with Gasteiger partial charge in [-0.05, 0) is 33.3 Å². The maximum atomic E-state index is 12.8. The van der Waals surface area contributed by atoms with E-state index in [4.69, 9.17) is 15.2 Å². The molecule has 0 fully saturated rings. The molecule has 0 bridgehead atoms. The molecule has 0 saturated carbocycles. The van der Waals surface area contributed by atoms with Crippen LogP contribution in [0.25, 0.3) is 0 Å². The van der Waals surface area contributed by atoms with Gasteiger partial charge < -0.3 is 15.2 Å². The fraction of sp³-hybridized carbons (Fsp3) is 0.421. The molecule has 2 atom stereocenters. The molecule has 25 heavy (non-hydrogen) atoms. The number of nitrogens with two attached hydrogens (primary N) is 1. The van der Waals surface area contributed by atoms with Gasteiger partial charge in [0.05, 0.1) is 24.5 Å². The Kier molecular flexibility index (Phi) is 5.62. The number of rotatable bonds is 5. The molecule has 6 nitrogen and oxygen atoms in total. The van der Waals surface area contributed by atoms with Crippen molar-refractivity contribution >= 4 is 17.8 Å². The monoisotopic (exact) mass is 344 g/mol. The van der Waals surface area contributed by atoms with Crippen molar-refractivity contribution in [1.29, 1.82) is 0 Å². The van der Waals surface area contributed by atoms with Crippen molar-refractivity contribution in [3.8, 4) is 0 Å². The lowest BCUT2D eigenvalue weighted by atomic mass is 9.67. The first kappa shape index (κ1) is 18.7. The predicted octanol–water partition coefficient (Wildman–Crippen LogP) is 2.55. The largest absolute Gasteiger partial charge is 0.465 e. The normalized spacial score (nSPS) is 23.0. The van der Waals surface area contributed by atoms with Crippen molar-refractivity contribution in [2.75, 3.05) is 13.2 Å². The van der Waals surface area contributed by atoms with E-state index >= 15 is 0 Å². The van der Waals surface area contributed by atoms with Gasteiger partial charge in [0.15, 0.2) is 0 Å². The standard InChI is InChI=1S/C19H24N2O4/c1-5-24-16(22)14-12(3)21-17(20)19(4,18(23)25-6-2)15(14)13-10-8-7-9-11-13/h7-11,15H,5-6H2,1-4H3,(H2,20,21). The van der Waals surface area contributed by atoms with E-state index in [-0.39, 0.29) is 19.0 Å². The van der Waals surface area contributed by atoms with Gasteiger partial charge in [0.2, 0.25) is 0 Å². The minimum Gasteiger partial charge on any atom is -0.465 e. The number of carbonyl (C=O) groups is 2. The molecule has 0 aromatic heterocycles. The van der Waals surface area contributed by atoms with E-state index in [2.05, 4.69) is 4.99 Å². The van der Waals surface area contributed by atoms with Gasteiger partial charge in [-0.2, -0.15) is 0 Å². The molecule has 1 aliphatic heterocycles. The van der Waals surface area contributed by atoms with Crippen LogP contribution >= 0.6 is 0 Å². The van der Waals surface area contributed by atoms with E-state index in [0.29, 0.717) is 11.3 Å². The highest BCUT2D eigenvalue weighted by Gasteiger charge is 2.53. The topological polar surface area (TPSA) is 91.0 Å². The molecule has 0 radical (unpaired) electrons. The number of aliphatic imine (C=N–C) groups is 1. The second kappa shape index (κ2) is 7.51. The van der Waals surface area contributed by atoms with Gasteiger partial charge in [0.25, 0.3) is 0 Å². The predicted molar refractivity (Wildman–Crippen MR) is 94.9 cm³/mol. The van der Waals surface area contributed by atoms with Crippen LogP contribution in [0.3, 0.4) is 0 Å². The van der Waals surface area contributed by atoms with Crippen LogP contribution in [0.2, 0.25) is 0 Å². The van der Waals surface area contributed by atoms with Gasteiger partial charge in [-0.25, -0.2) is 9.79 Å². The Morgan fingerprint density at radius 1 is 1.16 bits per heavy atom.